The van der Waals surface area contributed by atoms with Gasteiger partial charge in [0.2, 0.25) is 0 Å². The van der Waals surface area contributed by atoms with Crippen LogP contribution in [0.5, 0.6) is 5.75 Å². The van der Waals surface area contributed by atoms with Crippen molar-refractivity contribution in [3.63, 3.8) is 0 Å². The molecule has 2 aromatic carbocycles. The van der Waals surface area contributed by atoms with E-state index >= 15 is 0 Å². The van der Waals surface area contributed by atoms with Gasteiger partial charge in [0, 0.05) is 16.3 Å². The lowest BCUT2D eigenvalue weighted by Crippen LogP contribution is -2.10. The van der Waals surface area contributed by atoms with Gasteiger partial charge in [0.25, 0.3) is 5.91 Å². The molecule has 0 unspecified atom stereocenters. The van der Waals surface area contributed by atoms with Crippen LogP contribution in [-0.4, -0.2) is 13.0 Å². The molecule has 0 saturated carbocycles. The molecule has 0 spiro atoms. The number of amides is 1. The van der Waals surface area contributed by atoms with Gasteiger partial charge in [-0.05, 0) is 58.4 Å². The molecule has 0 radical (unpaired) electrons. The fraction of sp³-hybridized carbons (Fsp3) is 0.0556. The van der Waals surface area contributed by atoms with Crippen molar-refractivity contribution >= 4 is 39.1 Å². The van der Waals surface area contributed by atoms with Crippen LogP contribution in [0.3, 0.4) is 0 Å². The Bertz CT molecular complexity index is 891. The Morgan fingerprint density at radius 3 is 2.71 bits per heavy atom. The zero-order valence-corrected chi connectivity index (χ0v) is 15.0. The molecule has 0 saturated heterocycles. The molecule has 4 nitrogen and oxygen atoms in total. The minimum atomic E-state index is -0.333. The normalized spacial score (nSPS) is 10.5. The number of ether oxygens (including phenoxy) is 1. The molecule has 0 aliphatic heterocycles. The van der Waals surface area contributed by atoms with Crippen LogP contribution < -0.4 is 10.1 Å². The Kier molecular flexibility index (Phi) is 4.92. The van der Waals surface area contributed by atoms with E-state index in [0.717, 1.165) is 10.0 Å². The zero-order valence-electron chi connectivity index (χ0n) is 12.7. The van der Waals surface area contributed by atoms with E-state index in [1.165, 1.54) is 0 Å². The molecule has 122 valence electrons. The first-order chi connectivity index (χ1) is 11.6. The number of carbonyl (C=O) groups excluding carboxylic acids is 1. The third kappa shape index (κ3) is 3.63. The smallest absolute Gasteiger partial charge is 0.291 e. The van der Waals surface area contributed by atoms with Gasteiger partial charge in [0.15, 0.2) is 5.76 Å². The standard InChI is InChI=1S/C18H13BrClNO3/c1-23-16-6-5-13(10-14(16)19)21-18(22)17-8-7-15(24-17)11-3-2-4-12(20)9-11/h2-10H,1H3,(H,21,22). The fourth-order valence-corrected chi connectivity index (χ4v) is 2.92. The summed E-state index contributed by atoms with van der Waals surface area (Å²) in [6, 6.07) is 15.9. The summed E-state index contributed by atoms with van der Waals surface area (Å²) in [6.07, 6.45) is 0. The molecule has 24 heavy (non-hydrogen) atoms. The zero-order chi connectivity index (χ0) is 17.1. The maximum absolute atomic E-state index is 12.3. The molecular formula is C18H13BrClNO3. The van der Waals surface area contributed by atoms with Gasteiger partial charge in [-0.2, -0.15) is 0 Å². The fourth-order valence-electron chi connectivity index (χ4n) is 2.19. The number of hydrogen-bond acceptors (Lipinski definition) is 3. The lowest BCUT2D eigenvalue weighted by atomic mass is 10.2. The van der Waals surface area contributed by atoms with Crippen LogP contribution >= 0.6 is 27.5 Å². The van der Waals surface area contributed by atoms with E-state index in [2.05, 4.69) is 21.2 Å². The summed E-state index contributed by atoms with van der Waals surface area (Å²) in [6.45, 7) is 0. The van der Waals surface area contributed by atoms with Crippen molar-refractivity contribution in [2.45, 2.75) is 0 Å². The highest BCUT2D eigenvalue weighted by Crippen LogP contribution is 2.29. The number of nitrogens with one attached hydrogen (secondary N) is 1. The second kappa shape index (κ2) is 7.11. The molecule has 0 aliphatic carbocycles. The summed E-state index contributed by atoms with van der Waals surface area (Å²) in [7, 11) is 1.58. The third-order valence-electron chi connectivity index (χ3n) is 3.35. The summed E-state index contributed by atoms with van der Waals surface area (Å²) in [5, 5.41) is 3.39. The summed E-state index contributed by atoms with van der Waals surface area (Å²) in [5.74, 6) is 1.16. The van der Waals surface area contributed by atoms with Crippen LogP contribution in [0.1, 0.15) is 10.6 Å². The second-order valence-electron chi connectivity index (χ2n) is 4.98. The maximum atomic E-state index is 12.3. The van der Waals surface area contributed by atoms with E-state index in [1.807, 2.05) is 12.1 Å². The quantitative estimate of drug-likeness (QED) is 0.611. The van der Waals surface area contributed by atoms with Gasteiger partial charge in [0.1, 0.15) is 11.5 Å². The molecule has 0 atom stereocenters. The number of halogens is 2. The Morgan fingerprint density at radius 2 is 2.00 bits per heavy atom. The first-order valence-corrected chi connectivity index (χ1v) is 8.24. The Hall–Kier alpha value is -2.24. The predicted molar refractivity (Wildman–Crippen MR) is 97.8 cm³/mol. The molecule has 1 heterocycles. The van der Waals surface area contributed by atoms with Crippen molar-refractivity contribution in [3.05, 3.63) is 69.9 Å². The van der Waals surface area contributed by atoms with Crippen molar-refractivity contribution in [2.24, 2.45) is 0 Å². The monoisotopic (exact) mass is 405 g/mol. The SMILES string of the molecule is COc1ccc(NC(=O)c2ccc(-c3cccc(Cl)c3)o2)cc1Br. The summed E-state index contributed by atoms with van der Waals surface area (Å²) in [5.41, 5.74) is 1.45. The van der Waals surface area contributed by atoms with Gasteiger partial charge in [-0.15, -0.1) is 0 Å². The summed E-state index contributed by atoms with van der Waals surface area (Å²) < 4.78 is 11.5. The van der Waals surface area contributed by atoms with Gasteiger partial charge in [-0.25, -0.2) is 0 Å². The number of hydrogen-bond donors (Lipinski definition) is 1. The lowest BCUT2D eigenvalue weighted by Gasteiger charge is -2.07. The van der Waals surface area contributed by atoms with Gasteiger partial charge in [0.05, 0.1) is 11.6 Å². The molecule has 0 fully saturated rings. The number of anilines is 1. The highest BCUT2D eigenvalue weighted by molar-refractivity contribution is 9.10. The number of methoxy groups -OCH3 is 1. The first-order valence-electron chi connectivity index (χ1n) is 7.07. The van der Waals surface area contributed by atoms with E-state index in [4.69, 9.17) is 20.8 Å². The average Bonchev–Trinajstić information content (AvgIpc) is 3.05. The third-order valence-corrected chi connectivity index (χ3v) is 4.20. The van der Waals surface area contributed by atoms with Crippen molar-refractivity contribution in [1.29, 1.82) is 0 Å². The Morgan fingerprint density at radius 1 is 1.17 bits per heavy atom. The summed E-state index contributed by atoms with van der Waals surface area (Å²) >= 11 is 9.36. The van der Waals surface area contributed by atoms with E-state index in [9.17, 15) is 4.79 Å². The first kappa shape index (κ1) is 16.6. The topological polar surface area (TPSA) is 51.5 Å². The molecule has 0 aliphatic rings. The van der Waals surface area contributed by atoms with Crippen molar-refractivity contribution < 1.29 is 13.9 Å². The number of carbonyl (C=O) groups is 1. The van der Waals surface area contributed by atoms with Crippen LogP contribution in [0.15, 0.2) is 63.5 Å². The molecule has 3 rings (SSSR count). The summed E-state index contributed by atoms with van der Waals surface area (Å²) in [4.78, 5) is 12.3. The molecule has 0 bridgehead atoms. The average molecular weight is 407 g/mol. The molecule has 1 N–H and O–H groups in total. The van der Waals surface area contributed by atoms with Crippen LogP contribution in [-0.2, 0) is 0 Å². The number of furan rings is 1. The van der Waals surface area contributed by atoms with Crippen molar-refractivity contribution in [3.8, 4) is 17.1 Å². The van der Waals surface area contributed by atoms with Crippen LogP contribution in [0.2, 0.25) is 5.02 Å². The largest absolute Gasteiger partial charge is 0.496 e. The van der Waals surface area contributed by atoms with Gasteiger partial charge in [-0.3, -0.25) is 4.79 Å². The Labute approximate surface area is 152 Å². The van der Waals surface area contributed by atoms with E-state index in [-0.39, 0.29) is 11.7 Å². The molecular weight excluding hydrogens is 394 g/mol. The molecule has 3 aromatic rings. The number of rotatable bonds is 4. The van der Waals surface area contributed by atoms with Gasteiger partial charge >= 0.3 is 0 Å². The van der Waals surface area contributed by atoms with Crippen LogP contribution in [0.25, 0.3) is 11.3 Å². The Balaban J connectivity index is 1.78. The predicted octanol–water partition coefficient (Wildman–Crippen LogP) is 5.62. The second-order valence-corrected chi connectivity index (χ2v) is 6.27. The van der Waals surface area contributed by atoms with Crippen molar-refractivity contribution in [2.75, 3.05) is 12.4 Å². The lowest BCUT2D eigenvalue weighted by molar-refractivity contribution is 0.0997. The van der Waals surface area contributed by atoms with E-state index in [1.54, 1.807) is 49.6 Å². The minimum absolute atomic E-state index is 0.219. The molecule has 6 heteroatoms. The maximum Gasteiger partial charge on any atom is 0.291 e. The van der Waals surface area contributed by atoms with Crippen LogP contribution in [0, 0.1) is 0 Å². The van der Waals surface area contributed by atoms with Crippen molar-refractivity contribution in [1.82, 2.24) is 0 Å². The highest BCUT2D eigenvalue weighted by atomic mass is 79.9. The van der Waals surface area contributed by atoms with Crippen LogP contribution in [0.4, 0.5) is 5.69 Å². The number of benzene rings is 2. The van der Waals surface area contributed by atoms with Gasteiger partial charge < -0.3 is 14.5 Å². The molecule has 1 aromatic heterocycles. The van der Waals surface area contributed by atoms with E-state index < -0.39 is 0 Å². The molecule has 1 amide bonds. The van der Waals surface area contributed by atoms with Gasteiger partial charge in [-0.1, -0.05) is 23.7 Å². The van der Waals surface area contributed by atoms with E-state index in [0.29, 0.717) is 22.2 Å². The minimum Gasteiger partial charge on any atom is -0.496 e. The highest BCUT2D eigenvalue weighted by Gasteiger charge is 2.13.